The van der Waals surface area contributed by atoms with E-state index in [9.17, 15) is 9.59 Å². The summed E-state index contributed by atoms with van der Waals surface area (Å²) in [5.41, 5.74) is 2.81. The number of hydrogen-bond donors (Lipinski definition) is 0. The van der Waals surface area contributed by atoms with Crippen molar-refractivity contribution in [1.82, 2.24) is 18.7 Å². The molecule has 5 rings (SSSR count). The quantitative estimate of drug-likeness (QED) is 0.453. The predicted molar refractivity (Wildman–Crippen MR) is 124 cm³/mol. The van der Waals surface area contributed by atoms with Crippen molar-refractivity contribution in [3.05, 3.63) is 91.0 Å². The standard InChI is InChI=1S/C22H19BrN6O2/c1-26-19-18(20(30)27(2)22(26)31)28-13-17(15-6-4-3-5-7-15)25-29(21(28)24-19)12-14-8-10-16(23)11-9-14/h3-11H,12-13H2,1-2H3. The van der Waals surface area contributed by atoms with Crippen molar-refractivity contribution >= 4 is 38.8 Å². The van der Waals surface area contributed by atoms with Crippen LogP contribution in [0, 0.1) is 0 Å². The van der Waals surface area contributed by atoms with Gasteiger partial charge in [-0.1, -0.05) is 58.4 Å². The number of anilines is 1. The van der Waals surface area contributed by atoms with Gasteiger partial charge < -0.3 is 0 Å². The third kappa shape index (κ3) is 3.21. The number of halogens is 1. The molecule has 156 valence electrons. The zero-order valence-corrected chi connectivity index (χ0v) is 18.6. The fourth-order valence-electron chi connectivity index (χ4n) is 3.80. The smallest absolute Gasteiger partial charge is 0.297 e. The topological polar surface area (TPSA) is 77.4 Å². The van der Waals surface area contributed by atoms with Crippen LogP contribution in [0.4, 0.5) is 5.95 Å². The highest BCUT2D eigenvalue weighted by molar-refractivity contribution is 9.10. The molecule has 0 atom stereocenters. The van der Waals surface area contributed by atoms with Gasteiger partial charge in [0.2, 0.25) is 5.95 Å². The van der Waals surface area contributed by atoms with E-state index in [-0.39, 0.29) is 5.56 Å². The molecule has 0 saturated carbocycles. The maximum absolute atomic E-state index is 13.0. The number of aromatic nitrogens is 4. The van der Waals surface area contributed by atoms with Crippen molar-refractivity contribution in [2.75, 3.05) is 5.01 Å². The zero-order chi connectivity index (χ0) is 21.7. The number of fused-ring (bicyclic) bond motifs is 3. The van der Waals surface area contributed by atoms with Crippen LogP contribution in [-0.4, -0.2) is 24.4 Å². The summed E-state index contributed by atoms with van der Waals surface area (Å²) in [4.78, 5) is 30.1. The maximum atomic E-state index is 13.0. The van der Waals surface area contributed by atoms with Gasteiger partial charge in [0.15, 0.2) is 11.2 Å². The van der Waals surface area contributed by atoms with Gasteiger partial charge >= 0.3 is 5.69 Å². The van der Waals surface area contributed by atoms with Crippen molar-refractivity contribution in [2.45, 2.75) is 13.1 Å². The van der Waals surface area contributed by atoms with Crippen LogP contribution in [0.25, 0.3) is 11.2 Å². The van der Waals surface area contributed by atoms with Gasteiger partial charge in [-0.3, -0.25) is 18.5 Å². The fourth-order valence-corrected chi connectivity index (χ4v) is 4.07. The predicted octanol–water partition coefficient (Wildman–Crippen LogP) is 2.62. The van der Waals surface area contributed by atoms with E-state index in [4.69, 9.17) is 5.10 Å². The summed E-state index contributed by atoms with van der Waals surface area (Å²) in [6.07, 6.45) is 0. The average Bonchev–Trinajstić information content (AvgIpc) is 3.18. The van der Waals surface area contributed by atoms with E-state index < -0.39 is 5.69 Å². The summed E-state index contributed by atoms with van der Waals surface area (Å²) in [5, 5.41) is 6.66. The van der Waals surface area contributed by atoms with E-state index in [2.05, 4.69) is 20.9 Å². The SMILES string of the molecule is Cn1c(=O)c2c(nc3n2CC(c2ccccc2)=NN3Cc2ccc(Br)cc2)n(C)c1=O. The molecule has 4 aromatic rings. The lowest BCUT2D eigenvalue weighted by Crippen LogP contribution is -2.38. The number of hydrazone groups is 1. The van der Waals surface area contributed by atoms with Crippen molar-refractivity contribution in [3.8, 4) is 0 Å². The van der Waals surface area contributed by atoms with Crippen molar-refractivity contribution < 1.29 is 0 Å². The summed E-state index contributed by atoms with van der Waals surface area (Å²) >= 11 is 3.46. The molecule has 0 unspecified atom stereocenters. The van der Waals surface area contributed by atoms with Crippen LogP contribution in [0.15, 0.2) is 73.8 Å². The minimum Gasteiger partial charge on any atom is -0.297 e. The lowest BCUT2D eigenvalue weighted by molar-refractivity contribution is 0.699. The van der Waals surface area contributed by atoms with Crippen LogP contribution in [-0.2, 0) is 27.2 Å². The molecular weight excluding hydrogens is 460 g/mol. The highest BCUT2D eigenvalue weighted by Gasteiger charge is 2.27. The molecule has 0 radical (unpaired) electrons. The number of benzene rings is 2. The normalized spacial score (nSPS) is 13.4. The molecule has 2 aromatic carbocycles. The molecule has 0 bridgehead atoms. The Morgan fingerprint density at radius 3 is 2.39 bits per heavy atom. The van der Waals surface area contributed by atoms with Crippen LogP contribution in [0.3, 0.4) is 0 Å². The first-order valence-corrected chi connectivity index (χ1v) is 10.5. The number of aryl methyl sites for hydroxylation is 1. The second-order valence-electron chi connectivity index (χ2n) is 7.47. The van der Waals surface area contributed by atoms with Gasteiger partial charge in [0.1, 0.15) is 0 Å². The molecule has 0 spiro atoms. The Kier molecular flexibility index (Phi) is 4.62. The van der Waals surface area contributed by atoms with E-state index in [1.807, 2.05) is 59.2 Å². The van der Waals surface area contributed by atoms with Gasteiger partial charge in [-0.05, 0) is 23.3 Å². The lowest BCUT2D eigenvalue weighted by Gasteiger charge is -2.26. The van der Waals surface area contributed by atoms with Gasteiger partial charge in [-0.15, -0.1) is 0 Å². The van der Waals surface area contributed by atoms with E-state index >= 15 is 0 Å². The Bertz CT molecular complexity index is 1450. The maximum Gasteiger partial charge on any atom is 0.332 e. The second-order valence-corrected chi connectivity index (χ2v) is 8.39. The average molecular weight is 479 g/mol. The van der Waals surface area contributed by atoms with Gasteiger partial charge in [0.05, 0.1) is 18.8 Å². The summed E-state index contributed by atoms with van der Waals surface area (Å²) < 4.78 is 5.37. The lowest BCUT2D eigenvalue weighted by atomic mass is 10.1. The van der Waals surface area contributed by atoms with Crippen LogP contribution in [0.1, 0.15) is 11.1 Å². The first kappa shape index (κ1) is 19.5. The minimum atomic E-state index is -0.406. The Labute approximate surface area is 185 Å². The van der Waals surface area contributed by atoms with Crippen LogP contribution in [0.2, 0.25) is 0 Å². The molecule has 0 aliphatic carbocycles. The molecule has 1 aliphatic rings. The Hall–Kier alpha value is -3.46. The molecular formula is C22H19BrN6O2. The molecule has 2 aromatic heterocycles. The summed E-state index contributed by atoms with van der Waals surface area (Å²) in [5.74, 6) is 0.538. The number of rotatable bonds is 3. The molecule has 0 N–H and O–H groups in total. The highest BCUT2D eigenvalue weighted by atomic mass is 79.9. The van der Waals surface area contributed by atoms with E-state index in [1.54, 1.807) is 12.1 Å². The number of hydrogen-bond acceptors (Lipinski definition) is 5. The summed E-state index contributed by atoms with van der Waals surface area (Å²) in [6.45, 7) is 0.862. The van der Waals surface area contributed by atoms with Crippen molar-refractivity contribution in [1.29, 1.82) is 0 Å². The molecule has 0 fully saturated rings. The van der Waals surface area contributed by atoms with Gasteiger partial charge in [-0.2, -0.15) is 10.1 Å². The fraction of sp³-hybridized carbons (Fsp3) is 0.182. The van der Waals surface area contributed by atoms with Crippen molar-refractivity contribution in [3.63, 3.8) is 0 Å². The van der Waals surface area contributed by atoms with Crippen LogP contribution in [0.5, 0.6) is 0 Å². The van der Waals surface area contributed by atoms with Gasteiger partial charge in [-0.25, -0.2) is 9.80 Å². The molecule has 0 saturated heterocycles. The van der Waals surface area contributed by atoms with Gasteiger partial charge in [0, 0.05) is 18.6 Å². The minimum absolute atomic E-state index is 0.355. The molecule has 3 heterocycles. The van der Waals surface area contributed by atoms with Gasteiger partial charge in [0.25, 0.3) is 5.56 Å². The van der Waals surface area contributed by atoms with Crippen molar-refractivity contribution in [2.24, 2.45) is 19.2 Å². The first-order valence-electron chi connectivity index (χ1n) is 9.75. The molecule has 31 heavy (non-hydrogen) atoms. The second kappa shape index (κ2) is 7.35. The Morgan fingerprint density at radius 1 is 0.968 bits per heavy atom. The largest absolute Gasteiger partial charge is 0.332 e. The third-order valence-corrected chi connectivity index (χ3v) is 5.99. The number of nitrogens with zero attached hydrogens (tertiary/aromatic N) is 6. The number of imidazole rings is 1. The van der Waals surface area contributed by atoms with E-state index in [0.717, 1.165) is 25.9 Å². The van der Waals surface area contributed by atoms with Crippen LogP contribution < -0.4 is 16.3 Å². The molecule has 0 amide bonds. The Balaban J connectivity index is 1.73. The summed E-state index contributed by atoms with van der Waals surface area (Å²) in [6, 6.07) is 17.8. The highest BCUT2D eigenvalue weighted by Crippen LogP contribution is 2.27. The molecule has 8 nitrogen and oxygen atoms in total. The summed E-state index contributed by atoms with van der Waals surface area (Å²) in [7, 11) is 3.11. The first-order chi connectivity index (χ1) is 14.9. The molecule has 1 aliphatic heterocycles. The van der Waals surface area contributed by atoms with E-state index in [1.165, 1.54) is 11.6 Å². The molecule has 9 heteroatoms. The monoisotopic (exact) mass is 478 g/mol. The Morgan fingerprint density at radius 2 is 1.68 bits per heavy atom. The van der Waals surface area contributed by atoms with E-state index in [0.29, 0.717) is 30.2 Å². The third-order valence-electron chi connectivity index (χ3n) is 5.46. The zero-order valence-electron chi connectivity index (χ0n) is 17.0. The van der Waals surface area contributed by atoms with Crippen LogP contribution >= 0.6 is 15.9 Å².